The van der Waals surface area contributed by atoms with E-state index in [1.165, 1.54) is 17.0 Å². The monoisotopic (exact) mass is 572 g/mol. The number of nitrogens with one attached hydrogen (secondary N) is 2. The van der Waals surface area contributed by atoms with E-state index in [2.05, 4.69) is 10.6 Å². The number of rotatable bonds is 8. The minimum absolute atomic E-state index is 0.0630. The van der Waals surface area contributed by atoms with Gasteiger partial charge in [0.1, 0.15) is 13.3 Å². The number of carbonyl (C=O) groups is 4. The molecule has 2 N–H and O–H groups in total. The van der Waals surface area contributed by atoms with E-state index in [0.717, 1.165) is 25.0 Å². The number of alkyl halides is 3. The Hall–Kier alpha value is -3.93. The van der Waals surface area contributed by atoms with E-state index >= 15 is 0 Å². The topological polar surface area (TPSA) is 108 Å². The SMILES string of the molecule is CCNC(=O)Nc1ccc2c(c1)CC(=O)[C@]21OCN(CC(=O)N(Cc2ccc(C(F)(F)F)cc2)[C@@H](C)C2CC2)C1=O. The second-order valence-electron chi connectivity index (χ2n) is 10.7. The summed E-state index contributed by atoms with van der Waals surface area (Å²) in [5, 5.41) is 5.29. The lowest BCUT2D eigenvalue weighted by atomic mass is 9.94. The number of amides is 4. The van der Waals surface area contributed by atoms with Crippen molar-refractivity contribution in [1.29, 1.82) is 0 Å². The molecule has 9 nitrogen and oxygen atoms in total. The molecule has 3 aliphatic rings. The van der Waals surface area contributed by atoms with Crippen LogP contribution in [0.25, 0.3) is 0 Å². The summed E-state index contributed by atoms with van der Waals surface area (Å²) in [5.41, 5.74) is -0.677. The first-order valence-corrected chi connectivity index (χ1v) is 13.5. The number of Topliss-reactive ketones (excluding diaryl/α,β-unsaturated/α-hetero) is 1. The van der Waals surface area contributed by atoms with Gasteiger partial charge in [-0.15, -0.1) is 0 Å². The van der Waals surface area contributed by atoms with Crippen molar-refractivity contribution in [3.05, 3.63) is 64.7 Å². The Labute approximate surface area is 235 Å². The fourth-order valence-electron chi connectivity index (χ4n) is 5.51. The number of hydrogen-bond donors (Lipinski definition) is 2. The molecule has 2 aliphatic carbocycles. The maximum Gasteiger partial charge on any atom is 0.416 e. The third kappa shape index (κ3) is 5.52. The zero-order valence-electron chi connectivity index (χ0n) is 22.7. The lowest BCUT2D eigenvalue weighted by Crippen LogP contribution is -2.48. The first-order chi connectivity index (χ1) is 19.4. The van der Waals surface area contributed by atoms with Gasteiger partial charge in [-0.3, -0.25) is 14.4 Å². The van der Waals surface area contributed by atoms with E-state index in [9.17, 15) is 32.3 Å². The number of benzene rings is 2. The highest BCUT2D eigenvalue weighted by Gasteiger charge is 2.59. The third-order valence-corrected chi connectivity index (χ3v) is 7.93. The van der Waals surface area contributed by atoms with E-state index < -0.39 is 35.1 Å². The van der Waals surface area contributed by atoms with Crippen molar-refractivity contribution in [3.63, 3.8) is 0 Å². The third-order valence-electron chi connectivity index (χ3n) is 7.93. The summed E-state index contributed by atoms with van der Waals surface area (Å²) in [6, 6.07) is 8.90. The van der Waals surface area contributed by atoms with Crippen molar-refractivity contribution in [2.75, 3.05) is 25.1 Å². The van der Waals surface area contributed by atoms with Crippen molar-refractivity contribution in [2.24, 2.45) is 5.92 Å². The van der Waals surface area contributed by atoms with Gasteiger partial charge in [-0.25, -0.2) is 4.79 Å². The second-order valence-corrected chi connectivity index (χ2v) is 10.7. The molecule has 1 aliphatic heterocycles. The molecule has 41 heavy (non-hydrogen) atoms. The van der Waals surface area contributed by atoms with Crippen LogP contribution in [0.2, 0.25) is 0 Å². The predicted molar refractivity (Wildman–Crippen MR) is 141 cm³/mol. The van der Waals surface area contributed by atoms with Crippen molar-refractivity contribution < 1.29 is 37.1 Å². The Morgan fingerprint density at radius 3 is 2.49 bits per heavy atom. The second kappa shape index (κ2) is 10.8. The van der Waals surface area contributed by atoms with Crippen molar-refractivity contribution >= 4 is 29.3 Å². The van der Waals surface area contributed by atoms with Crippen molar-refractivity contribution in [2.45, 2.75) is 57.5 Å². The number of carbonyl (C=O) groups excluding carboxylic acids is 4. The van der Waals surface area contributed by atoms with Gasteiger partial charge in [0.25, 0.3) is 5.91 Å². The van der Waals surface area contributed by atoms with Crippen LogP contribution in [0, 0.1) is 5.92 Å². The quantitative estimate of drug-likeness (QED) is 0.468. The zero-order chi connectivity index (χ0) is 29.5. The number of fused-ring (bicyclic) bond motifs is 2. The molecular weight excluding hydrogens is 541 g/mol. The van der Waals surface area contributed by atoms with Crippen LogP contribution in [0.1, 0.15) is 48.9 Å². The zero-order valence-corrected chi connectivity index (χ0v) is 22.7. The smallest absolute Gasteiger partial charge is 0.338 e. The molecule has 0 radical (unpaired) electrons. The van der Waals surface area contributed by atoms with Crippen LogP contribution in [0.3, 0.4) is 0 Å². The van der Waals surface area contributed by atoms with E-state index in [1.54, 1.807) is 30.0 Å². The van der Waals surface area contributed by atoms with Crippen LogP contribution in [0.4, 0.5) is 23.7 Å². The molecule has 1 heterocycles. The van der Waals surface area contributed by atoms with Gasteiger partial charge >= 0.3 is 12.2 Å². The Morgan fingerprint density at radius 1 is 1.15 bits per heavy atom. The highest BCUT2D eigenvalue weighted by atomic mass is 19.4. The summed E-state index contributed by atoms with van der Waals surface area (Å²) in [7, 11) is 0. The lowest BCUT2D eigenvalue weighted by molar-refractivity contribution is -0.149. The molecule has 218 valence electrons. The van der Waals surface area contributed by atoms with Gasteiger partial charge in [-0.05, 0) is 68.0 Å². The molecule has 1 saturated carbocycles. The summed E-state index contributed by atoms with van der Waals surface area (Å²) in [4.78, 5) is 55.0. The summed E-state index contributed by atoms with van der Waals surface area (Å²) < 4.78 is 44.9. The number of anilines is 1. The molecule has 12 heteroatoms. The molecule has 0 aromatic heterocycles. The van der Waals surface area contributed by atoms with Gasteiger partial charge in [0.2, 0.25) is 11.5 Å². The molecule has 4 amide bonds. The number of halogens is 3. The molecule has 1 saturated heterocycles. The molecular formula is C29H31F3N4O5. The number of urea groups is 1. The summed E-state index contributed by atoms with van der Waals surface area (Å²) in [5.74, 6) is -1.19. The highest BCUT2D eigenvalue weighted by molar-refractivity contribution is 6.15. The van der Waals surface area contributed by atoms with Crippen LogP contribution in [-0.4, -0.2) is 59.3 Å². The van der Waals surface area contributed by atoms with E-state index in [0.29, 0.717) is 28.9 Å². The van der Waals surface area contributed by atoms with Crippen LogP contribution in [0.5, 0.6) is 0 Å². The largest absolute Gasteiger partial charge is 0.416 e. The Kier molecular flexibility index (Phi) is 7.54. The molecule has 2 atom stereocenters. The highest BCUT2D eigenvalue weighted by Crippen LogP contribution is 2.43. The van der Waals surface area contributed by atoms with Crippen LogP contribution in [-0.2, 0) is 43.9 Å². The fourth-order valence-corrected chi connectivity index (χ4v) is 5.51. The minimum atomic E-state index is -4.46. The Balaban J connectivity index is 1.32. The molecule has 0 unspecified atom stereocenters. The molecule has 5 rings (SSSR count). The number of ketones is 1. The average Bonchev–Trinajstić information content (AvgIpc) is 3.67. The van der Waals surface area contributed by atoms with Gasteiger partial charge < -0.3 is 25.2 Å². The molecule has 1 spiro atoms. The molecule has 2 fully saturated rings. The standard InChI is InChI=1S/C29H31F3N4O5/c1-3-33-27(40)34-22-10-11-23-20(12-22)13-24(37)28(23)26(39)35(16-41-28)15-25(38)36(17(2)19-6-7-19)14-18-4-8-21(9-5-18)29(30,31)32/h4-5,8-12,17,19H,3,6-7,13-16H2,1-2H3,(H2,33,34,40)/t17-,28+/m0/s1. The lowest BCUT2D eigenvalue weighted by Gasteiger charge is -2.31. The van der Waals surface area contributed by atoms with Gasteiger partial charge in [0, 0.05) is 36.8 Å². The first kappa shape index (κ1) is 28.6. The number of ether oxygens (including phenoxy) is 1. The molecule has 2 aromatic carbocycles. The van der Waals surface area contributed by atoms with Crippen LogP contribution in [0.15, 0.2) is 42.5 Å². The Bertz CT molecular complexity index is 1380. The van der Waals surface area contributed by atoms with Gasteiger partial charge in [0.15, 0.2) is 5.78 Å². The van der Waals surface area contributed by atoms with Crippen LogP contribution < -0.4 is 10.6 Å². The van der Waals surface area contributed by atoms with Crippen LogP contribution >= 0.6 is 0 Å². The summed E-state index contributed by atoms with van der Waals surface area (Å²) in [6.45, 7) is 3.61. The minimum Gasteiger partial charge on any atom is -0.338 e. The van der Waals surface area contributed by atoms with E-state index in [1.807, 2.05) is 6.92 Å². The Morgan fingerprint density at radius 2 is 1.85 bits per heavy atom. The van der Waals surface area contributed by atoms with Gasteiger partial charge in [-0.1, -0.05) is 18.2 Å². The van der Waals surface area contributed by atoms with Gasteiger partial charge in [-0.2, -0.15) is 13.2 Å². The van der Waals surface area contributed by atoms with Gasteiger partial charge in [0.05, 0.1) is 5.56 Å². The number of hydrogen-bond acceptors (Lipinski definition) is 5. The molecule has 0 bridgehead atoms. The fraction of sp³-hybridized carbons (Fsp3) is 0.448. The van der Waals surface area contributed by atoms with Crippen molar-refractivity contribution in [3.8, 4) is 0 Å². The summed E-state index contributed by atoms with van der Waals surface area (Å²) in [6.07, 6.45) is -2.64. The average molecular weight is 573 g/mol. The maximum atomic E-state index is 13.6. The normalized spacial score (nSPS) is 20.8. The van der Waals surface area contributed by atoms with E-state index in [4.69, 9.17) is 4.74 Å². The van der Waals surface area contributed by atoms with E-state index in [-0.39, 0.29) is 44.1 Å². The number of nitrogens with zero attached hydrogens (tertiary/aromatic N) is 2. The first-order valence-electron chi connectivity index (χ1n) is 13.5. The maximum absolute atomic E-state index is 13.6. The summed E-state index contributed by atoms with van der Waals surface area (Å²) >= 11 is 0. The molecule has 2 aromatic rings. The van der Waals surface area contributed by atoms with Crippen molar-refractivity contribution in [1.82, 2.24) is 15.1 Å². The predicted octanol–water partition coefficient (Wildman–Crippen LogP) is 3.81.